The fraction of sp³-hybridized carbons (Fsp3) is 0.385. The molecule has 0 bridgehead atoms. The van der Waals surface area contributed by atoms with Gasteiger partial charge in [0.05, 0.1) is 0 Å². The van der Waals surface area contributed by atoms with Crippen molar-refractivity contribution in [2.24, 2.45) is 5.92 Å². The Morgan fingerprint density at radius 3 is 2.88 bits per heavy atom. The Kier molecular flexibility index (Phi) is 2.06. The van der Waals surface area contributed by atoms with Crippen molar-refractivity contribution in [2.75, 3.05) is 5.32 Å². The Labute approximate surface area is 93.8 Å². The van der Waals surface area contributed by atoms with Gasteiger partial charge in [-0.25, -0.2) is 0 Å². The number of fused-ring (bicyclic) bond motifs is 3. The van der Waals surface area contributed by atoms with Crippen molar-refractivity contribution in [1.82, 2.24) is 0 Å². The zero-order valence-corrected chi connectivity index (χ0v) is 8.90. The topological polar surface area (TPSA) is 46.2 Å². The van der Waals surface area contributed by atoms with Crippen LogP contribution in [0.25, 0.3) is 0 Å². The van der Waals surface area contributed by atoms with Crippen molar-refractivity contribution in [2.45, 2.75) is 25.2 Å². The van der Waals surface area contributed by atoms with Gasteiger partial charge < -0.3 is 5.32 Å². The van der Waals surface area contributed by atoms with Gasteiger partial charge >= 0.3 is 0 Å². The molecular weight excluding hydrogens is 202 g/mol. The summed E-state index contributed by atoms with van der Waals surface area (Å²) in [5.41, 5.74) is 2.65. The van der Waals surface area contributed by atoms with Crippen LogP contribution in [-0.4, -0.2) is 12.2 Å². The predicted molar refractivity (Wildman–Crippen MR) is 60.5 cm³/mol. The van der Waals surface area contributed by atoms with Crippen LogP contribution in [0, 0.1) is 5.92 Å². The molecule has 2 aliphatic rings. The number of hydrogen-bond acceptors (Lipinski definition) is 2. The van der Waals surface area contributed by atoms with E-state index in [0.717, 1.165) is 31.2 Å². The monoisotopic (exact) mass is 215 g/mol. The molecule has 3 nitrogen and oxygen atoms in total. The van der Waals surface area contributed by atoms with E-state index in [1.54, 1.807) is 6.07 Å². The first-order valence-corrected chi connectivity index (χ1v) is 5.69. The largest absolute Gasteiger partial charge is 0.326 e. The molecule has 82 valence electrons. The van der Waals surface area contributed by atoms with E-state index in [1.807, 2.05) is 12.1 Å². The van der Waals surface area contributed by atoms with Crippen molar-refractivity contribution in [3.63, 3.8) is 0 Å². The number of carbonyl (C=O) groups excluding carboxylic acids is 2. The van der Waals surface area contributed by atoms with E-state index in [2.05, 4.69) is 5.32 Å². The molecule has 2 atom stereocenters. The molecule has 3 rings (SSSR count). The van der Waals surface area contributed by atoms with Crippen LogP contribution in [0.2, 0.25) is 0 Å². The van der Waals surface area contributed by atoms with Crippen LogP contribution in [0.4, 0.5) is 5.69 Å². The number of rotatable bonds is 1. The third-order valence-electron chi connectivity index (χ3n) is 3.72. The highest BCUT2D eigenvalue weighted by Crippen LogP contribution is 2.45. The Morgan fingerprint density at radius 2 is 2.06 bits per heavy atom. The first-order chi connectivity index (χ1) is 7.79. The molecule has 1 aliphatic carbocycles. The van der Waals surface area contributed by atoms with E-state index in [-0.39, 0.29) is 11.8 Å². The molecule has 0 saturated heterocycles. The van der Waals surface area contributed by atoms with Crippen molar-refractivity contribution >= 4 is 17.9 Å². The van der Waals surface area contributed by atoms with Crippen LogP contribution in [0.1, 0.15) is 41.1 Å². The molecule has 1 aliphatic heterocycles. The van der Waals surface area contributed by atoms with E-state index in [4.69, 9.17) is 0 Å². The van der Waals surface area contributed by atoms with E-state index < -0.39 is 0 Å². The summed E-state index contributed by atoms with van der Waals surface area (Å²) in [4.78, 5) is 22.5. The standard InChI is InChI=1S/C13H13NO2/c15-7-8-4-5-10-9-2-1-3-11(9)13(16)14-12(10)6-8/h4-7,9,11H,1-3H2,(H,14,16). The van der Waals surface area contributed by atoms with Gasteiger partial charge in [0.25, 0.3) is 0 Å². The van der Waals surface area contributed by atoms with Gasteiger partial charge in [0, 0.05) is 17.2 Å². The number of carbonyl (C=O) groups is 2. The highest BCUT2D eigenvalue weighted by Gasteiger charge is 2.38. The molecular formula is C13H13NO2. The lowest BCUT2D eigenvalue weighted by Gasteiger charge is -2.28. The number of amides is 1. The maximum Gasteiger partial charge on any atom is 0.228 e. The minimum Gasteiger partial charge on any atom is -0.326 e. The first kappa shape index (κ1) is 9.58. The SMILES string of the molecule is O=Cc1ccc2c(c1)NC(=O)C1CCCC21. The number of benzene rings is 1. The lowest BCUT2D eigenvalue weighted by atomic mass is 9.84. The summed E-state index contributed by atoms with van der Waals surface area (Å²) in [5.74, 6) is 0.636. The third-order valence-corrected chi connectivity index (χ3v) is 3.72. The Hall–Kier alpha value is -1.64. The average Bonchev–Trinajstić information content (AvgIpc) is 2.78. The molecule has 0 aromatic heterocycles. The number of anilines is 1. The second-order valence-electron chi connectivity index (χ2n) is 4.60. The van der Waals surface area contributed by atoms with Crippen LogP contribution < -0.4 is 5.32 Å². The second-order valence-corrected chi connectivity index (χ2v) is 4.60. The van der Waals surface area contributed by atoms with E-state index in [0.29, 0.717) is 11.5 Å². The molecule has 3 heteroatoms. The summed E-state index contributed by atoms with van der Waals surface area (Å²) in [7, 11) is 0. The van der Waals surface area contributed by atoms with Gasteiger partial charge in [0.1, 0.15) is 6.29 Å². The Balaban J connectivity index is 2.09. The van der Waals surface area contributed by atoms with Gasteiger partial charge in [-0.2, -0.15) is 0 Å². The molecule has 0 radical (unpaired) electrons. The first-order valence-electron chi connectivity index (χ1n) is 5.69. The molecule has 1 aromatic carbocycles. The van der Waals surface area contributed by atoms with E-state index >= 15 is 0 Å². The summed E-state index contributed by atoms with van der Waals surface area (Å²) in [6.45, 7) is 0. The lowest BCUT2D eigenvalue weighted by Crippen LogP contribution is -2.30. The minimum atomic E-state index is 0.123. The number of aldehydes is 1. The van der Waals surface area contributed by atoms with E-state index in [9.17, 15) is 9.59 Å². The Bertz CT molecular complexity index is 467. The highest BCUT2D eigenvalue weighted by atomic mass is 16.2. The smallest absolute Gasteiger partial charge is 0.228 e. The third kappa shape index (κ3) is 1.28. The maximum atomic E-state index is 11.8. The summed E-state index contributed by atoms with van der Waals surface area (Å²) < 4.78 is 0. The Morgan fingerprint density at radius 1 is 1.25 bits per heavy atom. The molecule has 1 heterocycles. The van der Waals surface area contributed by atoms with Gasteiger partial charge in [-0.05, 0) is 30.4 Å². The van der Waals surface area contributed by atoms with Crippen LogP contribution in [0.15, 0.2) is 18.2 Å². The van der Waals surface area contributed by atoms with Crippen LogP contribution in [0.5, 0.6) is 0 Å². The van der Waals surface area contributed by atoms with Gasteiger partial charge in [-0.1, -0.05) is 18.6 Å². The van der Waals surface area contributed by atoms with Crippen LogP contribution >= 0.6 is 0 Å². The summed E-state index contributed by atoms with van der Waals surface area (Å²) in [6.07, 6.45) is 4.02. The average molecular weight is 215 g/mol. The van der Waals surface area contributed by atoms with Gasteiger partial charge in [0.15, 0.2) is 0 Å². The molecule has 16 heavy (non-hydrogen) atoms. The second kappa shape index (κ2) is 3.44. The summed E-state index contributed by atoms with van der Waals surface area (Å²) in [5, 5.41) is 2.91. The van der Waals surface area contributed by atoms with Crippen LogP contribution in [-0.2, 0) is 4.79 Å². The number of hydrogen-bond donors (Lipinski definition) is 1. The van der Waals surface area contributed by atoms with Crippen molar-refractivity contribution in [1.29, 1.82) is 0 Å². The van der Waals surface area contributed by atoms with Crippen molar-refractivity contribution < 1.29 is 9.59 Å². The summed E-state index contributed by atoms with van der Waals surface area (Å²) >= 11 is 0. The molecule has 0 spiro atoms. The van der Waals surface area contributed by atoms with Crippen molar-refractivity contribution in [3.8, 4) is 0 Å². The van der Waals surface area contributed by atoms with Gasteiger partial charge in [-0.15, -0.1) is 0 Å². The molecule has 1 N–H and O–H groups in total. The number of nitrogens with one attached hydrogen (secondary N) is 1. The zero-order chi connectivity index (χ0) is 11.1. The van der Waals surface area contributed by atoms with Crippen LogP contribution in [0.3, 0.4) is 0 Å². The molecule has 1 fully saturated rings. The molecule has 2 unspecified atom stereocenters. The molecule has 1 aromatic rings. The summed E-state index contributed by atoms with van der Waals surface area (Å²) in [6, 6.07) is 5.59. The normalized spacial score (nSPS) is 26.9. The highest BCUT2D eigenvalue weighted by molar-refractivity contribution is 5.97. The quantitative estimate of drug-likeness (QED) is 0.731. The van der Waals surface area contributed by atoms with Gasteiger partial charge in [-0.3, -0.25) is 9.59 Å². The maximum absolute atomic E-state index is 11.8. The fourth-order valence-corrected chi connectivity index (χ4v) is 2.95. The lowest BCUT2D eigenvalue weighted by molar-refractivity contribution is -0.120. The molecule has 1 amide bonds. The van der Waals surface area contributed by atoms with E-state index in [1.165, 1.54) is 5.56 Å². The zero-order valence-electron chi connectivity index (χ0n) is 8.90. The molecule has 1 saturated carbocycles. The predicted octanol–water partition coefficient (Wildman–Crippen LogP) is 2.33. The van der Waals surface area contributed by atoms with Gasteiger partial charge in [0.2, 0.25) is 5.91 Å². The minimum absolute atomic E-state index is 0.123. The van der Waals surface area contributed by atoms with Crippen molar-refractivity contribution in [3.05, 3.63) is 29.3 Å². The fourth-order valence-electron chi connectivity index (χ4n) is 2.95.